The fourth-order valence-corrected chi connectivity index (χ4v) is 2.41. The van der Waals surface area contributed by atoms with Gasteiger partial charge in [-0.1, -0.05) is 23.7 Å². The monoisotopic (exact) mass is 306 g/mol. The number of hydrogen-bond donors (Lipinski definition) is 2. The third kappa shape index (κ3) is 3.88. The minimum Gasteiger partial charge on any atom is -0.497 e. The summed E-state index contributed by atoms with van der Waals surface area (Å²) >= 11 is 6.08. The number of halogens is 1. The van der Waals surface area contributed by atoms with Crippen LogP contribution in [0, 0.1) is 0 Å². The quantitative estimate of drug-likeness (QED) is 0.636. The highest BCUT2D eigenvalue weighted by molar-refractivity contribution is 6.30. The van der Waals surface area contributed by atoms with Gasteiger partial charge in [-0.05, 0) is 42.3 Å². The highest BCUT2D eigenvalue weighted by Crippen LogP contribution is 2.30. The Labute approximate surface area is 129 Å². The van der Waals surface area contributed by atoms with Gasteiger partial charge in [-0.2, -0.15) is 0 Å². The van der Waals surface area contributed by atoms with E-state index in [1.54, 1.807) is 20.3 Å². The summed E-state index contributed by atoms with van der Waals surface area (Å²) in [6.07, 6.45) is 0.719. The summed E-state index contributed by atoms with van der Waals surface area (Å²) < 4.78 is 10.5. The molecule has 0 heterocycles. The summed E-state index contributed by atoms with van der Waals surface area (Å²) in [5.74, 6) is 7.30. The molecule has 0 fully saturated rings. The lowest BCUT2D eigenvalue weighted by Gasteiger charge is -2.19. The van der Waals surface area contributed by atoms with Crippen molar-refractivity contribution in [2.75, 3.05) is 14.2 Å². The lowest BCUT2D eigenvalue weighted by atomic mass is 9.98. The molecule has 0 bridgehead atoms. The van der Waals surface area contributed by atoms with Gasteiger partial charge in [0.05, 0.1) is 20.3 Å². The molecule has 1 unspecified atom stereocenters. The molecular formula is C16H19ClN2O2. The Morgan fingerprint density at radius 3 is 2.38 bits per heavy atom. The van der Waals surface area contributed by atoms with E-state index >= 15 is 0 Å². The number of hydrogen-bond acceptors (Lipinski definition) is 4. The van der Waals surface area contributed by atoms with Crippen molar-refractivity contribution in [2.45, 2.75) is 12.5 Å². The minimum atomic E-state index is -0.0907. The molecule has 2 aromatic rings. The van der Waals surface area contributed by atoms with Gasteiger partial charge >= 0.3 is 0 Å². The van der Waals surface area contributed by atoms with Crippen molar-refractivity contribution >= 4 is 11.6 Å². The van der Waals surface area contributed by atoms with Crippen LogP contribution < -0.4 is 20.7 Å². The van der Waals surface area contributed by atoms with E-state index < -0.39 is 0 Å². The first-order valence-corrected chi connectivity index (χ1v) is 6.98. The summed E-state index contributed by atoms with van der Waals surface area (Å²) in [5.41, 5.74) is 4.90. The molecule has 2 rings (SSSR count). The predicted molar refractivity (Wildman–Crippen MR) is 84.8 cm³/mol. The molecule has 3 N–H and O–H groups in total. The number of nitrogens with one attached hydrogen (secondary N) is 1. The topological polar surface area (TPSA) is 56.5 Å². The third-order valence-corrected chi connectivity index (χ3v) is 3.60. The maximum atomic E-state index is 6.08. The Bertz CT molecular complexity index is 587. The van der Waals surface area contributed by atoms with Crippen LogP contribution in [0.25, 0.3) is 0 Å². The van der Waals surface area contributed by atoms with E-state index in [1.165, 1.54) is 0 Å². The number of rotatable bonds is 6. The Balaban J connectivity index is 2.24. The van der Waals surface area contributed by atoms with E-state index in [2.05, 4.69) is 5.43 Å². The van der Waals surface area contributed by atoms with Crippen LogP contribution in [0.15, 0.2) is 42.5 Å². The Kier molecular flexibility index (Phi) is 5.44. The fraction of sp³-hybridized carbons (Fsp3) is 0.250. The zero-order valence-corrected chi connectivity index (χ0v) is 12.9. The number of benzene rings is 2. The van der Waals surface area contributed by atoms with Crippen molar-refractivity contribution in [1.82, 2.24) is 5.43 Å². The average Bonchev–Trinajstić information content (AvgIpc) is 2.53. The molecule has 2 aromatic carbocycles. The molecule has 0 aliphatic rings. The van der Waals surface area contributed by atoms with Crippen LogP contribution in [-0.4, -0.2) is 14.2 Å². The van der Waals surface area contributed by atoms with Crippen molar-refractivity contribution in [3.8, 4) is 11.5 Å². The average molecular weight is 307 g/mol. The van der Waals surface area contributed by atoms with E-state index in [0.29, 0.717) is 5.02 Å². The second-order valence-electron chi connectivity index (χ2n) is 4.66. The van der Waals surface area contributed by atoms with Gasteiger partial charge in [-0.15, -0.1) is 0 Å². The maximum Gasteiger partial charge on any atom is 0.123 e. The van der Waals surface area contributed by atoms with E-state index in [4.69, 9.17) is 26.9 Å². The van der Waals surface area contributed by atoms with Crippen molar-refractivity contribution in [3.05, 3.63) is 58.6 Å². The summed E-state index contributed by atoms with van der Waals surface area (Å²) in [6.45, 7) is 0. The smallest absolute Gasteiger partial charge is 0.123 e. The van der Waals surface area contributed by atoms with Gasteiger partial charge < -0.3 is 9.47 Å². The minimum absolute atomic E-state index is 0.0907. The SMILES string of the molecule is COc1ccc(CC(NN)c2cc(Cl)ccc2OC)cc1. The molecule has 0 aromatic heterocycles. The van der Waals surface area contributed by atoms with Crippen molar-refractivity contribution in [3.63, 3.8) is 0 Å². The molecule has 1 atom stereocenters. The lowest BCUT2D eigenvalue weighted by Crippen LogP contribution is -2.30. The van der Waals surface area contributed by atoms with Gasteiger partial charge in [0.15, 0.2) is 0 Å². The molecule has 0 spiro atoms. The fourth-order valence-electron chi connectivity index (χ4n) is 2.23. The van der Waals surface area contributed by atoms with Crippen LogP contribution in [0.2, 0.25) is 5.02 Å². The van der Waals surface area contributed by atoms with Crippen LogP contribution >= 0.6 is 11.6 Å². The molecule has 0 saturated heterocycles. The molecule has 0 aliphatic heterocycles. The van der Waals surface area contributed by atoms with Gasteiger partial charge in [0, 0.05) is 10.6 Å². The van der Waals surface area contributed by atoms with Crippen molar-refractivity contribution in [1.29, 1.82) is 0 Å². The van der Waals surface area contributed by atoms with Crippen LogP contribution in [0.4, 0.5) is 0 Å². The Hall–Kier alpha value is -1.75. The van der Waals surface area contributed by atoms with E-state index in [1.807, 2.05) is 36.4 Å². The third-order valence-electron chi connectivity index (χ3n) is 3.37. The second kappa shape index (κ2) is 7.31. The Morgan fingerprint density at radius 2 is 1.81 bits per heavy atom. The molecule has 0 amide bonds. The van der Waals surface area contributed by atoms with Gasteiger partial charge in [-0.3, -0.25) is 11.3 Å². The largest absolute Gasteiger partial charge is 0.497 e. The van der Waals surface area contributed by atoms with E-state index in [9.17, 15) is 0 Å². The van der Waals surface area contributed by atoms with Crippen LogP contribution in [0.5, 0.6) is 11.5 Å². The molecule has 112 valence electrons. The molecule has 0 saturated carbocycles. The first kappa shape index (κ1) is 15.6. The number of ether oxygens (including phenoxy) is 2. The highest BCUT2D eigenvalue weighted by Gasteiger charge is 2.16. The van der Waals surface area contributed by atoms with E-state index in [0.717, 1.165) is 29.0 Å². The molecule has 5 heteroatoms. The second-order valence-corrected chi connectivity index (χ2v) is 5.09. The summed E-state index contributed by atoms with van der Waals surface area (Å²) in [5, 5.41) is 0.654. The van der Waals surface area contributed by atoms with Crippen LogP contribution in [-0.2, 0) is 6.42 Å². The maximum absolute atomic E-state index is 6.08. The lowest BCUT2D eigenvalue weighted by molar-refractivity contribution is 0.399. The molecule has 0 aliphatic carbocycles. The van der Waals surface area contributed by atoms with Gasteiger partial charge in [0.1, 0.15) is 11.5 Å². The standard InChI is InChI=1S/C16H19ClN2O2/c1-20-13-6-3-11(4-7-13)9-15(19-18)14-10-12(17)5-8-16(14)21-2/h3-8,10,15,19H,9,18H2,1-2H3. The normalized spacial score (nSPS) is 12.0. The van der Waals surface area contributed by atoms with Gasteiger partial charge in [0.2, 0.25) is 0 Å². The van der Waals surface area contributed by atoms with Crippen LogP contribution in [0.3, 0.4) is 0 Å². The molecular weight excluding hydrogens is 288 g/mol. The zero-order valence-electron chi connectivity index (χ0n) is 12.1. The Morgan fingerprint density at radius 1 is 1.10 bits per heavy atom. The van der Waals surface area contributed by atoms with Crippen LogP contribution in [0.1, 0.15) is 17.2 Å². The van der Waals surface area contributed by atoms with E-state index in [-0.39, 0.29) is 6.04 Å². The first-order chi connectivity index (χ1) is 10.2. The highest BCUT2D eigenvalue weighted by atomic mass is 35.5. The molecule has 0 radical (unpaired) electrons. The number of nitrogens with two attached hydrogens (primary N) is 1. The summed E-state index contributed by atoms with van der Waals surface area (Å²) in [4.78, 5) is 0. The molecule has 21 heavy (non-hydrogen) atoms. The number of methoxy groups -OCH3 is 2. The molecule has 4 nitrogen and oxygen atoms in total. The zero-order chi connectivity index (χ0) is 15.2. The van der Waals surface area contributed by atoms with Crippen molar-refractivity contribution < 1.29 is 9.47 Å². The van der Waals surface area contributed by atoms with Crippen molar-refractivity contribution in [2.24, 2.45) is 5.84 Å². The summed E-state index contributed by atoms with van der Waals surface area (Å²) in [6, 6.07) is 13.3. The van der Waals surface area contributed by atoms with Gasteiger partial charge in [0.25, 0.3) is 0 Å². The predicted octanol–water partition coefficient (Wildman–Crippen LogP) is 3.10. The number of hydrazine groups is 1. The summed E-state index contributed by atoms with van der Waals surface area (Å²) in [7, 11) is 3.28. The van der Waals surface area contributed by atoms with Gasteiger partial charge in [-0.25, -0.2) is 0 Å². The first-order valence-electron chi connectivity index (χ1n) is 6.60.